The van der Waals surface area contributed by atoms with E-state index >= 15 is 0 Å². The molecule has 1 aliphatic heterocycles. The highest BCUT2D eigenvalue weighted by Crippen LogP contribution is 2.42. The lowest BCUT2D eigenvalue weighted by atomic mass is 9.88. The molecule has 1 N–H and O–H groups in total. The zero-order chi connectivity index (χ0) is 13.4. The Balaban J connectivity index is 2.01. The van der Waals surface area contributed by atoms with Crippen LogP contribution in [0.25, 0.3) is 22.3 Å². The van der Waals surface area contributed by atoms with Crippen LogP contribution in [0, 0.1) is 0 Å². The summed E-state index contributed by atoms with van der Waals surface area (Å²) in [4.78, 5) is 0. The second kappa shape index (κ2) is 4.53. The molecule has 1 heteroatoms. The highest BCUT2D eigenvalue weighted by atomic mass is 14.9. The van der Waals surface area contributed by atoms with Gasteiger partial charge in [-0.2, -0.15) is 0 Å². The Labute approximate surface area is 118 Å². The van der Waals surface area contributed by atoms with E-state index in [1.54, 1.807) is 0 Å². The minimum Gasteiger partial charge on any atom is -0.380 e. The van der Waals surface area contributed by atoms with Gasteiger partial charge in [0.1, 0.15) is 0 Å². The third-order valence-electron chi connectivity index (χ3n) is 3.91. The predicted molar refractivity (Wildman–Crippen MR) is 84.6 cm³/mol. The van der Waals surface area contributed by atoms with Crippen molar-refractivity contribution in [3.8, 4) is 22.3 Å². The zero-order valence-corrected chi connectivity index (χ0v) is 11.1. The highest BCUT2D eigenvalue weighted by Gasteiger charge is 2.18. The molecule has 0 amide bonds. The van der Waals surface area contributed by atoms with Crippen LogP contribution in [0.5, 0.6) is 0 Å². The number of fused-ring (bicyclic) bond motifs is 3. The Bertz CT molecular complexity index is 760. The maximum absolute atomic E-state index is 3.53. The largest absolute Gasteiger partial charge is 0.380 e. The maximum atomic E-state index is 3.53. The molecule has 0 aromatic heterocycles. The second-order valence-corrected chi connectivity index (χ2v) is 5.10. The van der Waals surface area contributed by atoms with E-state index in [0.29, 0.717) is 0 Å². The molecule has 0 saturated carbocycles. The minimum absolute atomic E-state index is 0.904. The third kappa shape index (κ3) is 1.71. The molecule has 0 unspecified atom stereocenters. The van der Waals surface area contributed by atoms with E-state index in [4.69, 9.17) is 0 Å². The quantitative estimate of drug-likeness (QED) is 0.650. The maximum Gasteiger partial charge on any atom is 0.0428 e. The smallest absolute Gasteiger partial charge is 0.0428 e. The van der Waals surface area contributed by atoms with Gasteiger partial charge in [0.15, 0.2) is 0 Å². The van der Waals surface area contributed by atoms with Gasteiger partial charge in [0.05, 0.1) is 0 Å². The number of anilines is 1. The topological polar surface area (TPSA) is 12.0 Å². The number of hydrogen-bond acceptors (Lipinski definition) is 1. The average Bonchev–Trinajstić information content (AvgIpc) is 2.55. The van der Waals surface area contributed by atoms with Gasteiger partial charge >= 0.3 is 0 Å². The van der Waals surface area contributed by atoms with Crippen molar-refractivity contribution in [1.82, 2.24) is 0 Å². The summed E-state index contributed by atoms with van der Waals surface area (Å²) in [5.74, 6) is 0. The predicted octanol–water partition coefficient (Wildman–Crippen LogP) is 4.95. The van der Waals surface area contributed by atoms with Crippen molar-refractivity contribution in [2.45, 2.75) is 6.54 Å². The van der Waals surface area contributed by atoms with Crippen LogP contribution < -0.4 is 5.32 Å². The normalized spacial score (nSPS) is 12.2. The van der Waals surface area contributed by atoms with Gasteiger partial charge in [-0.3, -0.25) is 0 Å². The molecule has 3 aromatic rings. The van der Waals surface area contributed by atoms with Gasteiger partial charge in [-0.1, -0.05) is 66.7 Å². The molecule has 20 heavy (non-hydrogen) atoms. The first-order valence-corrected chi connectivity index (χ1v) is 6.94. The first-order valence-electron chi connectivity index (χ1n) is 6.94. The van der Waals surface area contributed by atoms with E-state index < -0.39 is 0 Å². The lowest BCUT2D eigenvalue weighted by Crippen LogP contribution is -2.09. The minimum atomic E-state index is 0.904. The molecule has 0 atom stereocenters. The number of nitrogens with one attached hydrogen (secondary N) is 1. The van der Waals surface area contributed by atoms with Gasteiger partial charge in [-0.05, 0) is 28.3 Å². The molecule has 0 aliphatic carbocycles. The van der Waals surface area contributed by atoms with Gasteiger partial charge in [-0.15, -0.1) is 0 Å². The lowest BCUT2D eigenvalue weighted by molar-refractivity contribution is 1.13. The van der Waals surface area contributed by atoms with Crippen LogP contribution in [0.4, 0.5) is 5.69 Å². The van der Waals surface area contributed by atoms with Crippen LogP contribution >= 0.6 is 0 Å². The van der Waals surface area contributed by atoms with Crippen LogP contribution in [0.3, 0.4) is 0 Å². The van der Waals surface area contributed by atoms with Gasteiger partial charge in [0.25, 0.3) is 0 Å². The van der Waals surface area contributed by atoms with Crippen LogP contribution in [-0.4, -0.2) is 0 Å². The average molecular weight is 257 g/mol. The Morgan fingerprint density at radius 2 is 1.40 bits per heavy atom. The molecule has 1 heterocycles. The van der Waals surface area contributed by atoms with Crippen LogP contribution in [0.15, 0.2) is 72.8 Å². The van der Waals surface area contributed by atoms with E-state index in [-0.39, 0.29) is 0 Å². The van der Waals surface area contributed by atoms with Crippen molar-refractivity contribution >= 4 is 5.69 Å². The zero-order valence-electron chi connectivity index (χ0n) is 11.1. The van der Waals surface area contributed by atoms with Crippen molar-refractivity contribution < 1.29 is 0 Å². The first kappa shape index (κ1) is 11.3. The third-order valence-corrected chi connectivity index (χ3v) is 3.91. The van der Waals surface area contributed by atoms with Crippen molar-refractivity contribution in [3.05, 3.63) is 78.4 Å². The molecular formula is C19H15N. The second-order valence-electron chi connectivity index (χ2n) is 5.10. The van der Waals surface area contributed by atoms with E-state index in [0.717, 1.165) is 6.54 Å². The SMILES string of the molecule is c1ccc(-c2cccc3c2-c2ccccc2CN3)cc1. The van der Waals surface area contributed by atoms with E-state index in [9.17, 15) is 0 Å². The molecule has 4 rings (SSSR count). The fourth-order valence-electron chi connectivity index (χ4n) is 2.96. The van der Waals surface area contributed by atoms with Crippen LogP contribution in [0.1, 0.15) is 5.56 Å². The molecule has 96 valence electrons. The number of hydrogen-bond donors (Lipinski definition) is 1. The van der Waals surface area contributed by atoms with Gasteiger partial charge in [0, 0.05) is 17.8 Å². The van der Waals surface area contributed by atoms with Gasteiger partial charge in [-0.25, -0.2) is 0 Å². The molecule has 0 radical (unpaired) electrons. The van der Waals surface area contributed by atoms with Crippen molar-refractivity contribution in [3.63, 3.8) is 0 Å². The Hall–Kier alpha value is -2.54. The van der Waals surface area contributed by atoms with E-state index in [1.807, 2.05) is 0 Å². The van der Waals surface area contributed by atoms with Crippen molar-refractivity contribution in [1.29, 1.82) is 0 Å². The molecular weight excluding hydrogens is 242 g/mol. The molecule has 3 aromatic carbocycles. The Morgan fingerprint density at radius 3 is 2.30 bits per heavy atom. The summed E-state index contributed by atoms with van der Waals surface area (Å²) < 4.78 is 0. The van der Waals surface area contributed by atoms with Crippen molar-refractivity contribution in [2.24, 2.45) is 0 Å². The molecule has 0 bridgehead atoms. The Morgan fingerprint density at radius 1 is 0.650 bits per heavy atom. The van der Waals surface area contributed by atoms with Gasteiger partial charge < -0.3 is 5.32 Å². The van der Waals surface area contributed by atoms with Crippen LogP contribution in [-0.2, 0) is 6.54 Å². The number of benzene rings is 3. The Kier molecular flexibility index (Phi) is 2.56. The summed E-state index contributed by atoms with van der Waals surface area (Å²) in [6, 6.07) is 25.7. The lowest BCUT2D eigenvalue weighted by Gasteiger charge is -2.24. The fourth-order valence-corrected chi connectivity index (χ4v) is 2.96. The summed E-state index contributed by atoms with van der Waals surface area (Å²) in [5, 5.41) is 3.53. The first-order chi connectivity index (χ1) is 9.93. The van der Waals surface area contributed by atoms with E-state index in [1.165, 1.54) is 33.5 Å². The highest BCUT2D eigenvalue weighted by molar-refractivity contribution is 5.94. The van der Waals surface area contributed by atoms with Crippen LogP contribution in [0.2, 0.25) is 0 Å². The van der Waals surface area contributed by atoms with Crippen molar-refractivity contribution in [2.75, 3.05) is 5.32 Å². The standard InChI is InChI=1S/C19H15N/c1-2-7-14(8-3-1)16-11-6-12-18-19(16)17-10-5-4-9-15(17)13-20-18/h1-12,20H,13H2. The molecule has 0 fully saturated rings. The summed E-state index contributed by atoms with van der Waals surface area (Å²) >= 11 is 0. The summed E-state index contributed by atoms with van der Waals surface area (Å²) in [6.07, 6.45) is 0. The monoisotopic (exact) mass is 257 g/mol. The van der Waals surface area contributed by atoms with Gasteiger partial charge in [0.2, 0.25) is 0 Å². The molecule has 1 aliphatic rings. The molecule has 0 saturated heterocycles. The number of rotatable bonds is 1. The summed E-state index contributed by atoms with van der Waals surface area (Å²) in [5.41, 5.74) is 7.82. The molecule has 0 spiro atoms. The van der Waals surface area contributed by atoms with E-state index in [2.05, 4.69) is 78.1 Å². The molecule has 1 nitrogen and oxygen atoms in total. The fraction of sp³-hybridized carbons (Fsp3) is 0.0526. The summed E-state index contributed by atoms with van der Waals surface area (Å²) in [7, 11) is 0. The summed E-state index contributed by atoms with van der Waals surface area (Å²) in [6.45, 7) is 0.904.